The first-order valence-electron chi connectivity index (χ1n) is 8.86. The summed E-state index contributed by atoms with van der Waals surface area (Å²) in [5, 5.41) is 9.62. The average molecular weight is 284 g/mol. The Bertz CT molecular complexity index is 238. The van der Waals surface area contributed by atoms with Gasteiger partial charge in [0.25, 0.3) is 0 Å². The standard InChI is InChI=1S/C18H36O2/c1-4-7-9-11-12-14-16-18(6-3,17(19)20)15-13-10-8-5-2/h4-16H2,1-3H3,(H,19,20). The highest BCUT2D eigenvalue weighted by Crippen LogP contribution is 2.35. The van der Waals surface area contributed by atoms with E-state index < -0.39 is 11.4 Å². The number of rotatable bonds is 14. The molecule has 1 unspecified atom stereocenters. The summed E-state index contributed by atoms with van der Waals surface area (Å²) < 4.78 is 0. The summed E-state index contributed by atoms with van der Waals surface area (Å²) in [5.41, 5.74) is -0.446. The molecule has 0 bridgehead atoms. The zero-order valence-electron chi connectivity index (χ0n) is 14.0. The van der Waals surface area contributed by atoms with Gasteiger partial charge in [-0.25, -0.2) is 0 Å². The fourth-order valence-corrected chi connectivity index (χ4v) is 2.98. The molecule has 20 heavy (non-hydrogen) atoms. The van der Waals surface area contributed by atoms with Crippen LogP contribution < -0.4 is 0 Å². The lowest BCUT2D eigenvalue weighted by Gasteiger charge is -2.28. The van der Waals surface area contributed by atoms with Gasteiger partial charge in [0.1, 0.15) is 0 Å². The fourth-order valence-electron chi connectivity index (χ4n) is 2.98. The zero-order chi connectivity index (χ0) is 15.3. The molecular weight excluding hydrogens is 248 g/mol. The zero-order valence-corrected chi connectivity index (χ0v) is 14.0. The van der Waals surface area contributed by atoms with E-state index in [9.17, 15) is 9.90 Å². The lowest BCUT2D eigenvalue weighted by atomic mass is 9.76. The molecule has 0 saturated carbocycles. The molecule has 2 heteroatoms. The molecule has 120 valence electrons. The Morgan fingerprint density at radius 1 is 0.750 bits per heavy atom. The third kappa shape index (κ3) is 7.91. The van der Waals surface area contributed by atoms with Gasteiger partial charge < -0.3 is 5.11 Å². The first-order valence-corrected chi connectivity index (χ1v) is 8.86. The maximum absolute atomic E-state index is 11.7. The van der Waals surface area contributed by atoms with Gasteiger partial charge >= 0.3 is 5.97 Å². The smallest absolute Gasteiger partial charge is 0.309 e. The minimum atomic E-state index is -0.565. The second kappa shape index (κ2) is 12.2. The first-order chi connectivity index (χ1) is 9.63. The molecule has 0 saturated heterocycles. The van der Waals surface area contributed by atoms with Crippen LogP contribution >= 0.6 is 0 Å². The Morgan fingerprint density at radius 2 is 1.15 bits per heavy atom. The molecule has 0 aromatic heterocycles. The van der Waals surface area contributed by atoms with Crippen LogP contribution in [-0.4, -0.2) is 11.1 Å². The molecule has 0 rings (SSSR count). The van der Waals surface area contributed by atoms with E-state index in [0.717, 1.165) is 32.1 Å². The predicted molar refractivity (Wildman–Crippen MR) is 87.1 cm³/mol. The Morgan fingerprint density at radius 3 is 1.55 bits per heavy atom. The molecule has 1 N–H and O–H groups in total. The molecule has 0 aromatic rings. The second-order valence-electron chi connectivity index (χ2n) is 6.27. The minimum absolute atomic E-state index is 0.446. The van der Waals surface area contributed by atoms with Crippen LogP contribution in [0.1, 0.15) is 104 Å². The quantitative estimate of drug-likeness (QED) is 0.386. The van der Waals surface area contributed by atoms with Crippen molar-refractivity contribution in [2.45, 2.75) is 104 Å². The van der Waals surface area contributed by atoms with Crippen LogP contribution in [0, 0.1) is 5.41 Å². The summed E-state index contributed by atoms with van der Waals surface area (Å²) in [6.45, 7) is 6.47. The van der Waals surface area contributed by atoms with E-state index in [0.29, 0.717) is 0 Å². The van der Waals surface area contributed by atoms with Gasteiger partial charge in [-0.15, -0.1) is 0 Å². The van der Waals surface area contributed by atoms with E-state index in [1.54, 1.807) is 0 Å². The average Bonchev–Trinajstić information content (AvgIpc) is 2.44. The molecular formula is C18H36O2. The second-order valence-corrected chi connectivity index (χ2v) is 6.27. The number of carboxylic acids is 1. The Labute approximate surface area is 126 Å². The van der Waals surface area contributed by atoms with Gasteiger partial charge in [-0.2, -0.15) is 0 Å². The van der Waals surface area contributed by atoms with E-state index in [4.69, 9.17) is 0 Å². The maximum Gasteiger partial charge on any atom is 0.309 e. The topological polar surface area (TPSA) is 37.3 Å². The van der Waals surface area contributed by atoms with Gasteiger partial charge in [-0.05, 0) is 19.3 Å². The Hall–Kier alpha value is -0.530. The summed E-state index contributed by atoms with van der Waals surface area (Å²) in [7, 11) is 0. The minimum Gasteiger partial charge on any atom is -0.481 e. The molecule has 0 radical (unpaired) electrons. The number of unbranched alkanes of at least 4 members (excludes halogenated alkanes) is 8. The van der Waals surface area contributed by atoms with Gasteiger partial charge in [0.15, 0.2) is 0 Å². The molecule has 0 aliphatic rings. The molecule has 0 fully saturated rings. The van der Waals surface area contributed by atoms with Crippen LogP contribution in [-0.2, 0) is 4.79 Å². The Balaban J connectivity index is 4.08. The largest absolute Gasteiger partial charge is 0.481 e. The molecule has 0 aliphatic heterocycles. The maximum atomic E-state index is 11.7. The number of carboxylic acid groups (broad SMARTS) is 1. The fraction of sp³-hybridized carbons (Fsp3) is 0.944. The molecule has 1 atom stereocenters. The van der Waals surface area contributed by atoms with Crippen LogP contribution in [0.2, 0.25) is 0 Å². The van der Waals surface area contributed by atoms with Gasteiger partial charge in [0, 0.05) is 0 Å². The van der Waals surface area contributed by atoms with Crippen molar-refractivity contribution in [3.63, 3.8) is 0 Å². The van der Waals surface area contributed by atoms with E-state index in [1.165, 1.54) is 51.4 Å². The van der Waals surface area contributed by atoms with Crippen LogP contribution in [0.15, 0.2) is 0 Å². The number of hydrogen-bond acceptors (Lipinski definition) is 1. The third-order valence-electron chi connectivity index (χ3n) is 4.65. The molecule has 0 aliphatic carbocycles. The summed E-state index contributed by atoms with van der Waals surface area (Å²) in [5.74, 6) is -0.565. The number of carbonyl (C=O) groups is 1. The van der Waals surface area contributed by atoms with Crippen molar-refractivity contribution in [1.82, 2.24) is 0 Å². The van der Waals surface area contributed by atoms with Gasteiger partial charge in [-0.3, -0.25) is 4.79 Å². The molecule has 0 spiro atoms. The van der Waals surface area contributed by atoms with Crippen LogP contribution in [0.3, 0.4) is 0 Å². The third-order valence-corrected chi connectivity index (χ3v) is 4.65. The summed E-state index contributed by atoms with van der Waals surface area (Å²) in [4.78, 5) is 11.7. The monoisotopic (exact) mass is 284 g/mol. The van der Waals surface area contributed by atoms with Crippen LogP contribution in [0.25, 0.3) is 0 Å². The summed E-state index contributed by atoms with van der Waals surface area (Å²) in [6, 6.07) is 0. The van der Waals surface area contributed by atoms with Crippen LogP contribution in [0.4, 0.5) is 0 Å². The number of hydrogen-bond donors (Lipinski definition) is 1. The summed E-state index contributed by atoms with van der Waals surface area (Å²) >= 11 is 0. The van der Waals surface area contributed by atoms with E-state index >= 15 is 0 Å². The normalized spacial score (nSPS) is 14.2. The lowest BCUT2D eigenvalue weighted by molar-refractivity contribution is -0.150. The molecule has 0 amide bonds. The van der Waals surface area contributed by atoms with Crippen molar-refractivity contribution < 1.29 is 9.90 Å². The van der Waals surface area contributed by atoms with Gasteiger partial charge in [-0.1, -0.05) is 85.0 Å². The van der Waals surface area contributed by atoms with E-state index in [-0.39, 0.29) is 0 Å². The van der Waals surface area contributed by atoms with Crippen molar-refractivity contribution in [2.24, 2.45) is 5.41 Å². The molecule has 0 aromatic carbocycles. The van der Waals surface area contributed by atoms with Gasteiger partial charge in [0.05, 0.1) is 5.41 Å². The number of aliphatic carboxylic acids is 1. The molecule has 2 nitrogen and oxygen atoms in total. The van der Waals surface area contributed by atoms with E-state index in [2.05, 4.69) is 13.8 Å². The van der Waals surface area contributed by atoms with Crippen molar-refractivity contribution >= 4 is 5.97 Å². The van der Waals surface area contributed by atoms with Crippen molar-refractivity contribution in [3.05, 3.63) is 0 Å². The highest BCUT2D eigenvalue weighted by Gasteiger charge is 2.35. The van der Waals surface area contributed by atoms with E-state index in [1.807, 2.05) is 6.92 Å². The van der Waals surface area contributed by atoms with Gasteiger partial charge in [0.2, 0.25) is 0 Å². The van der Waals surface area contributed by atoms with Crippen molar-refractivity contribution in [2.75, 3.05) is 0 Å². The molecule has 0 heterocycles. The summed E-state index contributed by atoms with van der Waals surface area (Å²) in [6.07, 6.45) is 14.7. The SMILES string of the molecule is CCCCCCCCC(CC)(CCCCCC)C(=O)O. The highest BCUT2D eigenvalue weighted by atomic mass is 16.4. The Kier molecular flexibility index (Phi) is 11.9. The predicted octanol–water partition coefficient (Wildman–Crippen LogP) is 6.19. The lowest BCUT2D eigenvalue weighted by Crippen LogP contribution is -2.30. The highest BCUT2D eigenvalue weighted by molar-refractivity contribution is 5.74. The first kappa shape index (κ1) is 19.5. The van der Waals surface area contributed by atoms with Crippen molar-refractivity contribution in [1.29, 1.82) is 0 Å². The van der Waals surface area contributed by atoms with Crippen LogP contribution in [0.5, 0.6) is 0 Å². The van der Waals surface area contributed by atoms with Crippen molar-refractivity contribution in [3.8, 4) is 0 Å².